The minimum Gasteiger partial charge on any atom is -0.398 e. The molecule has 2 N–H and O–H groups in total. The molecule has 0 spiro atoms. The summed E-state index contributed by atoms with van der Waals surface area (Å²) < 4.78 is 0. The smallest absolute Gasteiger partial charge is 0.227 e. The third-order valence-electron chi connectivity index (χ3n) is 3.91. The maximum atomic E-state index is 12.4. The van der Waals surface area contributed by atoms with Crippen molar-refractivity contribution in [3.8, 4) is 0 Å². The molecule has 0 aromatic heterocycles. The van der Waals surface area contributed by atoms with Crippen LogP contribution < -0.4 is 5.73 Å². The van der Waals surface area contributed by atoms with Gasteiger partial charge in [-0.05, 0) is 41.3 Å². The lowest BCUT2D eigenvalue weighted by molar-refractivity contribution is -0.131. The van der Waals surface area contributed by atoms with Crippen molar-refractivity contribution in [2.45, 2.75) is 19.4 Å². The quantitative estimate of drug-likeness (QED) is 0.867. The van der Waals surface area contributed by atoms with Crippen molar-refractivity contribution in [2.24, 2.45) is 0 Å². The Hall–Kier alpha value is -2.00. The summed E-state index contributed by atoms with van der Waals surface area (Å²) in [7, 11) is 0. The van der Waals surface area contributed by atoms with Crippen LogP contribution in [0.5, 0.6) is 0 Å². The number of benzene rings is 2. The molecule has 0 aliphatic carbocycles. The number of anilines is 1. The highest BCUT2D eigenvalue weighted by Gasteiger charge is 2.22. The number of amides is 1. The molecule has 1 amide bonds. The lowest BCUT2D eigenvalue weighted by Crippen LogP contribution is -2.37. The van der Waals surface area contributed by atoms with Crippen LogP contribution in [0.15, 0.2) is 42.5 Å². The summed E-state index contributed by atoms with van der Waals surface area (Å²) >= 11 is 5.96. The Morgan fingerprint density at radius 1 is 1.24 bits per heavy atom. The molecule has 0 unspecified atom stereocenters. The number of nitrogens with zero attached hydrogens (tertiary/aromatic N) is 1. The van der Waals surface area contributed by atoms with E-state index in [1.165, 1.54) is 5.56 Å². The molecule has 0 bridgehead atoms. The number of hydrogen-bond donors (Lipinski definition) is 1. The molecule has 1 heterocycles. The first-order chi connectivity index (χ1) is 10.1. The second kappa shape index (κ2) is 5.78. The average molecular weight is 301 g/mol. The van der Waals surface area contributed by atoms with Crippen molar-refractivity contribution in [2.75, 3.05) is 12.3 Å². The molecule has 4 heteroatoms. The summed E-state index contributed by atoms with van der Waals surface area (Å²) in [5.74, 6) is 0.117. The van der Waals surface area contributed by atoms with Crippen molar-refractivity contribution in [3.63, 3.8) is 0 Å². The molecule has 108 valence electrons. The number of halogens is 1. The lowest BCUT2D eigenvalue weighted by atomic mass is 9.97. The molecular formula is C17H17ClN2O. The van der Waals surface area contributed by atoms with Crippen molar-refractivity contribution >= 4 is 23.2 Å². The minimum absolute atomic E-state index is 0.117. The Morgan fingerprint density at radius 3 is 2.86 bits per heavy atom. The van der Waals surface area contributed by atoms with E-state index in [-0.39, 0.29) is 5.91 Å². The van der Waals surface area contributed by atoms with Gasteiger partial charge in [-0.2, -0.15) is 0 Å². The summed E-state index contributed by atoms with van der Waals surface area (Å²) in [6, 6.07) is 13.4. The Bertz CT molecular complexity index is 684. The van der Waals surface area contributed by atoms with Gasteiger partial charge in [0.15, 0.2) is 0 Å². The second-order valence-corrected chi connectivity index (χ2v) is 5.79. The molecule has 0 atom stereocenters. The van der Waals surface area contributed by atoms with Crippen molar-refractivity contribution in [1.29, 1.82) is 0 Å². The largest absolute Gasteiger partial charge is 0.398 e. The molecule has 1 aliphatic rings. The molecule has 0 saturated heterocycles. The standard InChI is InChI=1S/C17H17ClN2O/c18-14-5-1-3-12(9-14)10-17(21)20-8-7-13-4-2-6-16(19)15(13)11-20/h1-6,9H,7-8,10-11,19H2. The fraction of sp³-hybridized carbons (Fsp3) is 0.235. The van der Waals surface area contributed by atoms with Crippen LogP contribution in [0.3, 0.4) is 0 Å². The molecule has 0 fully saturated rings. The van der Waals surface area contributed by atoms with E-state index in [9.17, 15) is 4.79 Å². The number of rotatable bonds is 2. The summed E-state index contributed by atoms with van der Waals surface area (Å²) in [5, 5.41) is 0.661. The summed E-state index contributed by atoms with van der Waals surface area (Å²) in [6.45, 7) is 1.34. The van der Waals surface area contributed by atoms with Gasteiger partial charge in [-0.1, -0.05) is 35.9 Å². The fourth-order valence-corrected chi connectivity index (χ4v) is 2.97. The van der Waals surface area contributed by atoms with Crippen molar-refractivity contribution in [1.82, 2.24) is 4.90 Å². The van der Waals surface area contributed by atoms with Gasteiger partial charge in [0.2, 0.25) is 5.91 Å². The predicted octanol–water partition coefficient (Wildman–Crippen LogP) is 3.05. The monoisotopic (exact) mass is 300 g/mol. The van der Waals surface area contributed by atoms with Crippen molar-refractivity contribution in [3.05, 3.63) is 64.2 Å². The van der Waals surface area contributed by atoms with Crippen LogP contribution in [-0.4, -0.2) is 17.4 Å². The van der Waals surface area contributed by atoms with E-state index in [0.717, 1.165) is 29.8 Å². The molecule has 1 aliphatic heterocycles. The zero-order chi connectivity index (χ0) is 14.8. The Morgan fingerprint density at radius 2 is 2.05 bits per heavy atom. The van der Waals surface area contributed by atoms with Gasteiger partial charge in [-0.15, -0.1) is 0 Å². The van der Waals surface area contributed by atoms with E-state index in [1.807, 2.05) is 41.3 Å². The average Bonchev–Trinajstić information content (AvgIpc) is 2.47. The van der Waals surface area contributed by atoms with Gasteiger partial charge >= 0.3 is 0 Å². The van der Waals surface area contributed by atoms with Gasteiger partial charge in [0, 0.05) is 23.8 Å². The van der Waals surface area contributed by atoms with E-state index < -0.39 is 0 Å². The Labute approximate surface area is 129 Å². The maximum absolute atomic E-state index is 12.4. The molecule has 3 rings (SSSR count). The van der Waals surface area contributed by atoms with E-state index in [4.69, 9.17) is 17.3 Å². The number of nitrogen functional groups attached to an aromatic ring is 1. The van der Waals surface area contributed by atoms with Crippen molar-refractivity contribution < 1.29 is 4.79 Å². The number of fused-ring (bicyclic) bond motifs is 1. The summed E-state index contributed by atoms with van der Waals surface area (Å²) in [6.07, 6.45) is 1.24. The number of carbonyl (C=O) groups is 1. The minimum atomic E-state index is 0.117. The zero-order valence-corrected chi connectivity index (χ0v) is 12.4. The van der Waals surface area contributed by atoms with E-state index in [1.54, 1.807) is 0 Å². The molecule has 0 radical (unpaired) electrons. The Balaban J connectivity index is 1.74. The third kappa shape index (κ3) is 3.03. The summed E-state index contributed by atoms with van der Waals surface area (Å²) in [4.78, 5) is 14.3. The number of nitrogens with two attached hydrogens (primary N) is 1. The molecule has 21 heavy (non-hydrogen) atoms. The highest BCUT2D eigenvalue weighted by Crippen LogP contribution is 2.24. The van der Waals surface area contributed by atoms with Crippen LogP contribution in [0, 0.1) is 0 Å². The van der Waals surface area contributed by atoms with Crippen LogP contribution in [0.1, 0.15) is 16.7 Å². The molecule has 2 aromatic rings. The van der Waals surface area contributed by atoms with Crippen LogP contribution >= 0.6 is 11.6 Å². The van der Waals surface area contributed by atoms with Gasteiger partial charge in [0.1, 0.15) is 0 Å². The second-order valence-electron chi connectivity index (χ2n) is 5.36. The van der Waals surface area contributed by atoms with E-state index in [2.05, 4.69) is 6.07 Å². The van der Waals surface area contributed by atoms with E-state index in [0.29, 0.717) is 18.0 Å². The first-order valence-electron chi connectivity index (χ1n) is 7.02. The highest BCUT2D eigenvalue weighted by atomic mass is 35.5. The van der Waals surface area contributed by atoms with Crippen LogP contribution in [0.25, 0.3) is 0 Å². The first-order valence-corrected chi connectivity index (χ1v) is 7.40. The fourth-order valence-electron chi connectivity index (χ4n) is 2.75. The topological polar surface area (TPSA) is 46.3 Å². The van der Waals surface area contributed by atoms with E-state index >= 15 is 0 Å². The maximum Gasteiger partial charge on any atom is 0.227 e. The first kappa shape index (κ1) is 14.0. The van der Waals surface area contributed by atoms with Gasteiger partial charge in [0.05, 0.1) is 6.42 Å². The Kier molecular flexibility index (Phi) is 3.84. The lowest BCUT2D eigenvalue weighted by Gasteiger charge is -2.30. The van der Waals surface area contributed by atoms with Crippen LogP contribution in [0.4, 0.5) is 5.69 Å². The normalized spacial score (nSPS) is 13.9. The third-order valence-corrected chi connectivity index (χ3v) is 4.14. The number of hydrogen-bond acceptors (Lipinski definition) is 2. The predicted molar refractivity (Wildman–Crippen MR) is 85.1 cm³/mol. The van der Waals surface area contributed by atoms with Gasteiger partial charge < -0.3 is 10.6 Å². The summed E-state index contributed by atoms with van der Waals surface area (Å²) in [5.41, 5.74) is 10.1. The highest BCUT2D eigenvalue weighted by molar-refractivity contribution is 6.30. The van der Waals surface area contributed by atoms with Gasteiger partial charge in [-0.3, -0.25) is 4.79 Å². The molecule has 2 aromatic carbocycles. The molecule has 3 nitrogen and oxygen atoms in total. The van der Waals surface area contributed by atoms with Crippen LogP contribution in [-0.2, 0) is 24.2 Å². The van der Waals surface area contributed by atoms with Crippen LogP contribution in [0.2, 0.25) is 5.02 Å². The molecule has 0 saturated carbocycles. The zero-order valence-electron chi connectivity index (χ0n) is 11.7. The SMILES string of the molecule is Nc1cccc2c1CN(C(=O)Cc1cccc(Cl)c1)CC2. The van der Waals surface area contributed by atoms with Gasteiger partial charge in [-0.25, -0.2) is 0 Å². The van der Waals surface area contributed by atoms with Gasteiger partial charge in [0.25, 0.3) is 0 Å². The molecular weight excluding hydrogens is 284 g/mol. The number of carbonyl (C=O) groups excluding carboxylic acids is 1.